The van der Waals surface area contributed by atoms with E-state index in [9.17, 15) is 4.79 Å². The van der Waals surface area contributed by atoms with Gasteiger partial charge in [-0.2, -0.15) is 0 Å². The van der Waals surface area contributed by atoms with Crippen LogP contribution in [0.4, 0.5) is 0 Å². The zero-order valence-electron chi connectivity index (χ0n) is 15.1. The summed E-state index contributed by atoms with van der Waals surface area (Å²) in [5.41, 5.74) is 0. The van der Waals surface area contributed by atoms with Crippen molar-refractivity contribution in [1.82, 2.24) is 15.5 Å². The average Bonchev–Trinajstić information content (AvgIpc) is 3.08. The number of nitrogens with one attached hydrogen (secondary N) is 2. The Morgan fingerprint density at radius 3 is 2.42 bits per heavy atom. The van der Waals surface area contributed by atoms with Crippen LogP contribution in [0.3, 0.4) is 0 Å². The van der Waals surface area contributed by atoms with Crippen molar-refractivity contribution in [3.63, 3.8) is 0 Å². The van der Waals surface area contributed by atoms with Crippen molar-refractivity contribution in [2.45, 2.75) is 51.0 Å². The van der Waals surface area contributed by atoms with Crippen molar-refractivity contribution >= 4 is 35.8 Å². The van der Waals surface area contributed by atoms with E-state index in [2.05, 4.69) is 15.6 Å². The number of halogens is 1. The van der Waals surface area contributed by atoms with Gasteiger partial charge in [0.25, 0.3) is 0 Å². The molecule has 2 fully saturated rings. The van der Waals surface area contributed by atoms with E-state index in [-0.39, 0.29) is 42.5 Å². The molecule has 2 rings (SSSR count). The van der Waals surface area contributed by atoms with E-state index in [4.69, 9.17) is 4.74 Å². The van der Waals surface area contributed by atoms with Gasteiger partial charge in [-0.05, 0) is 31.6 Å². The maximum Gasteiger partial charge on any atom is 0.243 e. The molecule has 2 aliphatic rings. The molecule has 1 aliphatic heterocycles. The fourth-order valence-corrected chi connectivity index (χ4v) is 3.11. The van der Waals surface area contributed by atoms with Crippen LogP contribution >= 0.6 is 24.0 Å². The van der Waals surface area contributed by atoms with Gasteiger partial charge in [-0.25, -0.2) is 4.99 Å². The Labute approximate surface area is 163 Å². The summed E-state index contributed by atoms with van der Waals surface area (Å²) in [6, 6.07) is 0. The number of hydrogen-bond acceptors (Lipinski definition) is 3. The minimum absolute atomic E-state index is 0. The second-order valence-electron chi connectivity index (χ2n) is 6.85. The molecule has 0 spiro atoms. The largest absolute Gasteiger partial charge is 0.376 e. The van der Waals surface area contributed by atoms with Crippen LogP contribution in [0, 0.1) is 5.92 Å². The molecule has 24 heavy (non-hydrogen) atoms. The van der Waals surface area contributed by atoms with Crippen molar-refractivity contribution < 1.29 is 9.53 Å². The number of rotatable bonds is 6. The van der Waals surface area contributed by atoms with Gasteiger partial charge in [0.1, 0.15) is 6.54 Å². The molecule has 0 aromatic rings. The van der Waals surface area contributed by atoms with E-state index in [0.29, 0.717) is 0 Å². The van der Waals surface area contributed by atoms with Crippen LogP contribution in [-0.2, 0) is 9.53 Å². The number of amides is 1. The number of ether oxygens (including phenoxy) is 1. The lowest BCUT2D eigenvalue weighted by Gasteiger charge is -2.23. The van der Waals surface area contributed by atoms with E-state index in [1.807, 2.05) is 0 Å². The van der Waals surface area contributed by atoms with Gasteiger partial charge in [0.2, 0.25) is 5.91 Å². The van der Waals surface area contributed by atoms with Crippen LogP contribution in [0.2, 0.25) is 0 Å². The summed E-state index contributed by atoms with van der Waals surface area (Å²) in [5.74, 6) is 1.48. The molecule has 0 aromatic carbocycles. The molecule has 6 nitrogen and oxygen atoms in total. The zero-order chi connectivity index (χ0) is 16.5. The fourth-order valence-electron chi connectivity index (χ4n) is 3.11. The lowest BCUT2D eigenvalue weighted by Crippen LogP contribution is -2.43. The van der Waals surface area contributed by atoms with Crippen LogP contribution < -0.4 is 10.6 Å². The minimum atomic E-state index is 0. The first-order valence-electron chi connectivity index (χ1n) is 8.99. The van der Waals surface area contributed by atoms with Crippen molar-refractivity contribution in [3.05, 3.63) is 0 Å². The highest BCUT2D eigenvalue weighted by Crippen LogP contribution is 2.22. The second-order valence-corrected chi connectivity index (χ2v) is 6.85. The molecule has 140 valence electrons. The Bertz CT molecular complexity index is 392. The van der Waals surface area contributed by atoms with Gasteiger partial charge in [0.05, 0.1) is 6.10 Å². The van der Waals surface area contributed by atoms with Gasteiger partial charge in [-0.3, -0.25) is 4.79 Å². The maximum absolute atomic E-state index is 11.8. The van der Waals surface area contributed by atoms with Gasteiger partial charge in [0.15, 0.2) is 5.96 Å². The fraction of sp³-hybridized carbons (Fsp3) is 0.882. The summed E-state index contributed by atoms with van der Waals surface area (Å²) in [4.78, 5) is 17.8. The Kier molecular flexibility index (Phi) is 10.6. The van der Waals surface area contributed by atoms with Crippen LogP contribution in [0.15, 0.2) is 4.99 Å². The third-order valence-electron chi connectivity index (χ3n) is 4.68. The number of guanidine groups is 1. The third-order valence-corrected chi connectivity index (χ3v) is 4.68. The lowest BCUT2D eigenvalue weighted by atomic mass is 9.89. The molecule has 1 heterocycles. The summed E-state index contributed by atoms with van der Waals surface area (Å²) in [6.07, 6.45) is 9.12. The van der Waals surface area contributed by atoms with Gasteiger partial charge in [-0.15, -0.1) is 24.0 Å². The maximum atomic E-state index is 11.8. The van der Waals surface area contributed by atoms with Crippen LogP contribution in [0.1, 0.15) is 44.9 Å². The Morgan fingerprint density at radius 2 is 1.79 bits per heavy atom. The molecular formula is C17H33IN4O2. The number of carbonyl (C=O) groups excluding carboxylic acids is 1. The monoisotopic (exact) mass is 452 g/mol. The summed E-state index contributed by atoms with van der Waals surface area (Å²) in [6.45, 7) is 2.73. The number of hydrogen-bond donors (Lipinski definition) is 2. The van der Waals surface area contributed by atoms with E-state index in [1.165, 1.54) is 32.1 Å². The van der Waals surface area contributed by atoms with Gasteiger partial charge >= 0.3 is 0 Å². The normalized spacial score (nSPS) is 21.9. The molecule has 1 unspecified atom stereocenters. The third kappa shape index (κ3) is 8.00. The molecule has 0 bridgehead atoms. The molecule has 1 aliphatic carbocycles. The van der Waals surface area contributed by atoms with Crippen LogP contribution in [-0.4, -0.2) is 63.2 Å². The minimum Gasteiger partial charge on any atom is -0.376 e. The van der Waals surface area contributed by atoms with Gasteiger partial charge < -0.3 is 20.3 Å². The zero-order valence-corrected chi connectivity index (χ0v) is 17.4. The van der Waals surface area contributed by atoms with Crippen molar-refractivity contribution in [2.75, 3.05) is 40.3 Å². The predicted molar refractivity (Wildman–Crippen MR) is 108 cm³/mol. The van der Waals surface area contributed by atoms with Gasteiger partial charge in [0, 0.05) is 33.8 Å². The molecule has 7 heteroatoms. The molecular weight excluding hydrogens is 419 g/mol. The summed E-state index contributed by atoms with van der Waals surface area (Å²) in [7, 11) is 3.51. The molecule has 2 N–H and O–H groups in total. The topological polar surface area (TPSA) is 66.0 Å². The number of likely N-dealkylation sites (N-methyl/N-ethyl adjacent to an activating group) is 1. The quantitative estimate of drug-likeness (QED) is 0.368. The standard InChI is InChI=1S/C17H32N4O2.HI/c1-21(2)16(22)13-20-17(19-12-15-9-6-10-23-15)18-11-14-7-4-3-5-8-14;/h14-15H,3-13H2,1-2H3,(H2,18,19,20);1H. The van der Waals surface area contributed by atoms with E-state index >= 15 is 0 Å². The predicted octanol–water partition coefficient (Wildman–Crippen LogP) is 1.99. The number of aliphatic imine (C=N–C) groups is 1. The number of carbonyl (C=O) groups is 1. The summed E-state index contributed by atoms with van der Waals surface area (Å²) < 4.78 is 5.64. The van der Waals surface area contributed by atoms with E-state index in [0.717, 1.165) is 44.4 Å². The smallest absolute Gasteiger partial charge is 0.243 e. The SMILES string of the molecule is CN(C)C(=O)CN=C(NCC1CCCCC1)NCC1CCCO1.I. The molecule has 0 aromatic heterocycles. The van der Waals surface area contributed by atoms with E-state index in [1.54, 1.807) is 19.0 Å². The second kappa shape index (κ2) is 11.9. The molecule has 1 saturated heterocycles. The first kappa shape index (κ1) is 21.5. The first-order valence-corrected chi connectivity index (χ1v) is 8.99. The summed E-state index contributed by atoms with van der Waals surface area (Å²) >= 11 is 0. The van der Waals surface area contributed by atoms with E-state index < -0.39 is 0 Å². The molecule has 0 radical (unpaired) electrons. The highest BCUT2D eigenvalue weighted by Gasteiger charge is 2.17. The molecule has 1 atom stereocenters. The highest BCUT2D eigenvalue weighted by molar-refractivity contribution is 14.0. The molecule has 1 saturated carbocycles. The highest BCUT2D eigenvalue weighted by atomic mass is 127. The van der Waals surface area contributed by atoms with Gasteiger partial charge in [-0.1, -0.05) is 19.3 Å². The number of nitrogens with zero attached hydrogens (tertiary/aromatic N) is 2. The Morgan fingerprint density at radius 1 is 1.08 bits per heavy atom. The van der Waals surface area contributed by atoms with Crippen molar-refractivity contribution in [3.8, 4) is 0 Å². The van der Waals surface area contributed by atoms with Crippen molar-refractivity contribution in [2.24, 2.45) is 10.9 Å². The first-order chi connectivity index (χ1) is 11.1. The lowest BCUT2D eigenvalue weighted by molar-refractivity contribution is -0.127. The Hall–Kier alpha value is -0.570. The van der Waals surface area contributed by atoms with Crippen molar-refractivity contribution in [1.29, 1.82) is 0 Å². The van der Waals surface area contributed by atoms with Crippen LogP contribution in [0.25, 0.3) is 0 Å². The average molecular weight is 452 g/mol. The summed E-state index contributed by atoms with van der Waals surface area (Å²) in [5, 5.41) is 6.76. The molecule has 1 amide bonds. The Balaban J connectivity index is 0.00000288. The van der Waals surface area contributed by atoms with Crippen LogP contribution in [0.5, 0.6) is 0 Å².